The third-order valence-corrected chi connectivity index (χ3v) is 14.2. The second-order valence-electron chi connectivity index (χ2n) is 9.36. The Balaban J connectivity index is -0.000000558. The maximum absolute atomic E-state index is 13.3. The first-order valence-electron chi connectivity index (χ1n) is 15.6. The van der Waals surface area contributed by atoms with Crippen molar-refractivity contribution < 1.29 is 18.8 Å². The standard InChI is InChI=1S/C14H33N2O2P.C8H20ClN2OP.C6H14O/c1-7-14(8-2)13-18-19(17,15(9-3)10-4)16(11-5)12-6;1-5-10(6-2)13(9,12)11(7-3)8-4;1-3-6(4-2)5-7/h14H,7-13H2,1-6H3;5-8H2,1-4H3;6-7H,3-5H2,1-2H3. The lowest BCUT2D eigenvalue weighted by molar-refractivity contribution is 0.180. The Hall–Kier alpha value is 0.510. The molecule has 11 heteroatoms. The molecule has 0 aromatic heterocycles. The molecule has 0 aliphatic heterocycles. The van der Waals surface area contributed by atoms with Crippen LogP contribution in [0.4, 0.5) is 0 Å². The van der Waals surface area contributed by atoms with E-state index < -0.39 is 14.5 Å². The van der Waals surface area contributed by atoms with Crippen LogP contribution in [0.1, 0.15) is 109 Å². The molecule has 0 bridgehead atoms. The maximum atomic E-state index is 13.3. The first-order valence-corrected chi connectivity index (χ1v) is 19.6. The molecule has 0 saturated carbocycles. The molecule has 0 fully saturated rings. The van der Waals surface area contributed by atoms with Crippen molar-refractivity contribution in [2.45, 2.75) is 109 Å². The van der Waals surface area contributed by atoms with Gasteiger partial charge in [0.2, 0.25) is 0 Å². The molecule has 0 rings (SSSR count). The summed E-state index contributed by atoms with van der Waals surface area (Å²) in [5.74, 6) is 1.04. The highest BCUT2D eigenvalue weighted by atomic mass is 35.7. The largest absolute Gasteiger partial charge is 0.396 e. The minimum absolute atomic E-state index is 0.354. The fraction of sp³-hybridized carbons (Fsp3) is 1.00. The highest BCUT2D eigenvalue weighted by Crippen LogP contribution is 2.57. The van der Waals surface area contributed by atoms with E-state index in [1.165, 1.54) is 0 Å². The third-order valence-electron chi connectivity index (χ3n) is 7.38. The van der Waals surface area contributed by atoms with E-state index in [1.807, 2.05) is 74.1 Å². The van der Waals surface area contributed by atoms with Gasteiger partial charge in [-0.1, -0.05) is 109 Å². The third kappa shape index (κ3) is 16.1. The van der Waals surface area contributed by atoms with Crippen LogP contribution in [0.5, 0.6) is 0 Å². The predicted molar refractivity (Wildman–Crippen MR) is 174 cm³/mol. The molecule has 39 heavy (non-hydrogen) atoms. The van der Waals surface area contributed by atoms with Crippen molar-refractivity contribution in [2.75, 3.05) is 65.6 Å². The number of aliphatic hydroxyl groups excluding tert-OH is 1. The number of rotatable bonds is 20. The van der Waals surface area contributed by atoms with Crippen LogP contribution < -0.4 is 0 Å². The van der Waals surface area contributed by atoms with Crippen LogP contribution in [-0.2, 0) is 13.7 Å². The molecule has 0 atom stereocenters. The van der Waals surface area contributed by atoms with E-state index in [4.69, 9.17) is 20.9 Å². The van der Waals surface area contributed by atoms with Gasteiger partial charge in [-0.25, -0.2) is 18.7 Å². The minimum atomic E-state index is -2.85. The number of halogens is 1. The first-order chi connectivity index (χ1) is 18.4. The molecule has 0 spiro atoms. The number of hydrogen-bond donors (Lipinski definition) is 1. The molecule has 0 saturated heterocycles. The Bertz CT molecular complexity index is 587. The van der Waals surface area contributed by atoms with Crippen molar-refractivity contribution in [3.8, 4) is 0 Å². The molecule has 0 aliphatic carbocycles. The highest BCUT2D eigenvalue weighted by Gasteiger charge is 2.36. The van der Waals surface area contributed by atoms with Crippen molar-refractivity contribution >= 4 is 25.7 Å². The van der Waals surface area contributed by atoms with Crippen LogP contribution in [0.25, 0.3) is 0 Å². The van der Waals surface area contributed by atoms with Crippen LogP contribution >= 0.6 is 25.7 Å². The van der Waals surface area contributed by atoms with Gasteiger partial charge in [0, 0.05) is 59.0 Å². The topological polar surface area (TPSA) is 76.6 Å². The smallest absolute Gasteiger partial charge is 0.346 e. The lowest BCUT2D eigenvalue weighted by atomic mass is 10.1. The Morgan fingerprint density at radius 1 is 0.564 bits per heavy atom. The average Bonchev–Trinajstić information content (AvgIpc) is 2.93. The summed E-state index contributed by atoms with van der Waals surface area (Å²) in [5, 5.41) is 8.53. The lowest BCUT2D eigenvalue weighted by Gasteiger charge is -2.37. The van der Waals surface area contributed by atoms with Gasteiger partial charge in [0.25, 0.3) is 0 Å². The second kappa shape index (κ2) is 26.2. The van der Waals surface area contributed by atoms with Crippen molar-refractivity contribution in [2.24, 2.45) is 11.8 Å². The van der Waals surface area contributed by atoms with E-state index in [0.29, 0.717) is 25.0 Å². The second-order valence-corrected chi connectivity index (χ2v) is 15.1. The van der Waals surface area contributed by atoms with Crippen LogP contribution in [0.15, 0.2) is 0 Å². The van der Waals surface area contributed by atoms with Crippen LogP contribution in [0.3, 0.4) is 0 Å². The molecule has 0 aromatic rings. The summed E-state index contributed by atoms with van der Waals surface area (Å²) in [7, 11) is -2.85. The first kappa shape index (κ1) is 44.0. The molecule has 0 amide bonds. The van der Waals surface area contributed by atoms with E-state index >= 15 is 0 Å². The molecule has 0 radical (unpaired) electrons. The fourth-order valence-corrected chi connectivity index (χ4v) is 9.66. The van der Waals surface area contributed by atoms with Gasteiger partial charge >= 0.3 is 14.5 Å². The van der Waals surface area contributed by atoms with Gasteiger partial charge < -0.3 is 9.63 Å². The summed E-state index contributed by atoms with van der Waals surface area (Å²) in [6.45, 7) is 28.7. The van der Waals surface area contributed by atoms with Gasteiger partial charge in [-0.05, 0) is 23.1 Å². The lowest BCUT2D eigenvalue weighted by Crippen LogP contribution is -2.33. The molecule has 0 aliphatic rings. The zero-order chi connectivity index (χ0) is 31.1. The summed E-state index contributed by atoms with van der Waals surface area (Å²) in [6, 6.07) is 0. The molecule has 1 N–H and O–H groups in total. The van der Waals surface area contributed by atoms with Crippen molar-refractivity contribution in [3.63, 3.8) is 0 Å². The van der Waals surface area contributed by atoms with Crippen molar-refractivity contribution in [3.05, 3.63) is 0 Å². The van der Waals surface area contributed by atoms with Gasteiger partial charge in [0.1, 0.15) is 0 Å². The maximum Gasteiger partial charge on any atom is 0.346 e. The van der Waals surface area contributed by atoms with Crippen LogP contribution in [0.2, 0.25) is 0 Å². The monoisotopic (exact) mass is 620 g/mol. The van der Waals surface area contributed by atoms with Gasteiger partial charge in [-0.2, -0.15) is 0 Å². The zero-order valence-electron chi connectivity index (χ0n) is 27.8. The molecule has 0 unspecified atom stereocenters. The van der Waals surface area contributed by atoms with E-state index in [0.717, 1.165) is 78.0 Å². The molecule has 0 aromatic carbocycles. The number of nitrogens with zero attached hydrogens (tertiary/aromatic N) is 4. The van der Waals surface area contributed by atoms with Crippen molar-refractivity contribution in [1.29, 1.82) is 0 Å². The average molecular weight is 621 g/mol. The van der Waals surface area contributed by atoms with Crippen molar-refractivity contribution in [1.82, 2.24) is 18.7 Å². The van der Waals surface area contributed by atoms with Gasteiger partial charge in [0.05, 0.1) is 6.61 Å². The number of aliphatic hydroxyl groups is 1. The highest BCUT2D eigenvalue weighted by molar-refractivity contribution is 7.85. The van der Waals surface area contributed by atoms with E-state index in [1.54, 1.807) is 0 Å². The quantitative estimate of drug-likeness (QED) is 0.136. The van der Waals surface area contributed by atoms with Gasteiger partial charge in [-0.3, -0.25) is 9.13 Å². The predicted octanol–water partition coefficient (Wildman–Crippen LogP) is 8.66. The minimum Gasteiger partial charge on any atom is -0.396 e. The molecule has 8 nitrogen and oxygen atoms in total. The Morgan fingerprint density at radius 2 is 0.846 bits per heavy atom. The summed E-state index contributed by atoms with van der Waals surface area (Å²) >= 11 is 6.08. The Morgan fingerprint density at radius 3 is 1.03 bits per heavy atom. The Kier molecular flexibility index (Phi) is 29.5. The summed E-state index contributed by atoms with van der Waals surface area (Å²) < 4.78 is 39.0. The summed E-state index contributed by atoms with van der Waals surface area (Å²) in [6.07, 6.45) is 4.36. The number of hydrogen-bond acceptors (Lipinski definition) is 4. The molecular formula is C28H67ClN4O4P2. The fourth-order valence-electron chi connectivity index (χ4n) is 4.10. The van der Waals surface area contributed by atoms with Gasteiger partial charge in [-0.15, -0.1) is 0 Å². The normalized spacial score (nSPS) is 12.4. The molecule has 0 heterocycles. The van der Waals surface area contributed by atoms with Gasteiger partial charge in [0.15, 0.2) is 0 Å². The summed E-state index contributed by atoms with van der Waals surface area (Å²) in [4.78, 5) is 0. The Labute approximate surface area is 249 Å². The summed E-state index contributed by atoms with van der Waals surface area (Å²) in [5.41, 5.74) is 0. The van der Waals surface area contributed by atoms with E-state index in [-0.39, 0.29) is 0 Å². The van der Waals surface area contributed by atoms with Crippen LogP contribution in [0, 0.1) is 11.8 Å². The SMILES string of the molecule is CCC(CC)CO.CCC(CC)COP(=O)(N(CC)CC)N(CC)CC.CCN(CC)P(=O)(Cl)N(CC)CC. The molecule has 240 valence electrons. The van der Waals surface area contributed by atoms with E-state index in [2.05, 4.69) is 27.7 Å². The molecular weight excluding hydrogens is 554 g/mol. The zero-order valence-corrected chi connectivity index (χ0v) is 30.3. The van der Waals surface area contributed by atoms with E-state index in [9.17, 15) is 9.13 Å². The van der Waals surface area contributed by atoms with Crippen LogP contribution in [-0.4, -0.2) is 89.4 Å².